The zero-order valence-corrected chi connectivity index (χ0v) is 21.0. The number of rotatable bonds is 6. The number of nitrogens with zero attached hydrogens (tertiary/aromatic N) is 2. The average Bonchev–Trinajstić information content (AvgIpc) is 3.10. The van der Waals surface area contributed by atoms with E-state index in [2.05, 4.69) is 9.71 Å². The van der Waals surface area contributed by atoms with Crippen LogP contribution in [0.5, 0.6) is 0 Å². The van der Waals surface area contributed by atoms with Crippen LogP contribution in [0.25, 0.3) is 0 Å². The van der Waals surface area contributed by atoms with E-state index in [1.54, 1.807) is 17.0 Å². The number of benzene rings is 2. The lowest BCUT2D eigenvalue weighted by molar-refractivity contribution is -0.130. The number of carbonyl (C=O) groups is 2. The average molecular weight is 500 g/mol. The van der Waals surface area contributed by atoms with E-state index in [1.807, 2.05) is 38.1 Å². The number of hydrogen-bond donors (Lipinski definition) is 1. The van der Waals surface area contributed by atoms with Gasteiger partial charge >= 0.3 is 0 Å². The quantitative estimate of drug-likeness (QED) is 0.624. The maximum atomic E-state index is 13.4. The van der Waals surface area contributed by atoms with Gasteiger partial charge in [-0.1, -0.05) is 66.9 Å². The summed E-state index contributed by atoms with van der Waals surface area (Å²) in [5.74, 6) is -0.527. The molecule has 0 radical (unpaired) electrons. The lowest BCUT2D eigenvalue weighted by Gasteiger charge is -2.30. The van der Waals surface area contributed by atoms with Crippen molar-refractivity contribution < 1.29 is 18.0 Å². The van der Waals surface area contributed by atoms with E-state index >= 15 is 0 Å². The molecular weight excluding hydrogens is 470 g/mol. The first-order chi connectivity index (χ1) is 16.2. The Bertz CT molecular complexity index is 1200. The second-order valence-corrected chi connectivity index (χ2v) is 11.6. The first kappa shape index (κ1) is 24.5. The van der Waals surface area contributed by atoms with Crippen molar-refractivity contribution >= 4 is 44.5 Å². The van der Waals surface area contributed by atoms with E-state index in [-0.39, 0.29) is 34.3 Å². The highest BCUT2D eigenvalue weighted by Gasteiger charge is 2.43. The molecule has 9 heteroatoms. The summed E-state index contributed by atoms with van der Waals surface area (Å²) >= 11 is 1.07. The minimum absolute atomic E-state index is 0.0509. The lowest BCUT2D eigenvalue weighted by Crippen LogP contribution is -2.42. The topological polar surface area (TPSA) is 95.9 Å². The Morgan fingerprint density at radius 2 is 1.74 bits per heavy atom. The summed E-state index contributed by atoms with van der Waals surface area (Å²) in [5, 5.41) is 2.33. The Morgan fingerprint density at radius 3 is 2.41 bits per heavy atom. The largest absolute Gasteiger partial charge is 0.326 e. The molecule has 180 valence electrons. The van der Waals surface area contributed by atoms with Gasteiger partial charge in [-0.3, -0.25) is 14.5 Å². The molecule has 1 aliphatic heterocycles. The third-order valence-electron chi connectivity index (χ3n) is 6.21. The highest BCUT2D eigenvalue weighted by Crippen LogP contribution is 2.36. The van der Waals surface area contributed by atoms with Crippen LogP contribution in [-0.2, 0) is 19.6 Å². The molecule has 4 rings (SSSR count). The van der Waals surface area contributed by atoms with E-state index in [1.165, 1.54) is 12.1 Å². The molecule has 0 spiro atoms. The van der Waals surface area contributed by atoms with Gasteiger partial charge in [-0.25, -0.2) is 0 Å². The Kier molecular flexibility index (Phi) is 7.42. The summed E-state index contributed by atoms with van der Waals surface area (Å²) in [5.41, 5.74) is 2.57. The summed E-state index contributed by atoms with van der Waals surface area (Å²) in [7, 11) is -3.99. The van der Waals surface area contributed by atoms with Crippen molar-refractivity contribution in [3.05, 3.63) is 59.7 Å². The predicted octanol–water partition coefficient (Wildman–Crippen LogP) is 4.65. The normalized spacial score (nSPS) is 20.6. The molecule has 0 unspecified atom stereocenters. The fourth-order valence-corrected chi connectivity index (χ4v) is 6.70. The van der Waals surface area contributed by atoms with Crippen molar-refractivity contribution in [2.24, 2.45) is 4.40 Å². The molecule has 1 aliphatic carbocycles. The minimum Gasteiger partial charge on any atom is -0.326 e. The van der Waals surface area contributed by atoms with Crippen molar-refractivity contribution in [2.75, 3.05) is 5.32 Å². The number of hydrogen-bond acceptors (Lipinski definition) is 5. The monoisotopic (exact) mass is 499 g/mol. The molecule has 7 nitrogen and oxygen atoms in total. The van der Waals surface area contributed by atoms with Gasteiger partial charge in [-0.05, 0) is 50.5 Å². The third kappa shape index (κ3) is 5.52. The molecule has 2 aliphatic rings. The first-order valence-electron chi connectivity index (χ1n) is 11.5. The van der Waals surface area contributed by atoms with Gasteiger partial charge in [0.15, 0.2) is 5.17 Å². The fraction of sp³-hybridized carbons (Fsp3) is 0.400. The molecule has 2 fully saturated rings. The number of thioether (sulfide) groups is 1. The molecule has 2 aromatic carbocycles. The summed E-state index contributed by atoms with van der Waals surface area (Å²) < 4.78 is 30.1. The molecule has 34 heavy (non-hydrogen) atoms. The molecule has 1 saturated heterocycles. The maximum Gasteiger partial charge on any atom is 0.284 e. The van der Waals surface area contributed by atoms with Gasteiger partial charge in [-0.15, -0.1) is 4.40 Å². The number of aryl methyl sites for hydroxylation is 2. The van der Waals surface area contributed by atoms with Crippen LogP contribution >= 0.6 is 11.8 Å². The van der Waals surface area contributed by atoms with E-state index < -0.39 is 15.3 Å². The number of para-hydroxylation sites is 1. The van der Waals surface area contributed by atoms with Gasteiger partial charge in [0.25, 0.3) is 10.0 Å². The number of sulfonamides is 1. The summed E-state index contributed by atoms with van der Waals surface area (Å²) in [4.78, 5) is 27.8. The second kappa shape index (κ2) is 10.3. The van der Waals surface area contributed by atoms with Crippen LogP contribution < -0.4 is 5.32 Å². The Balaban J connectivity index is 1.58. The van der Waals surface area contributed by atoms with Crippen LogP contribution in [0.4, 0.5) is 5.69 Å². The Labute approximate surface area is 205 Å². The van der Waals surface area contributed by atoms with Crippen LogP contribution in [0.3, 0.4) is 0 Å². The van der Waals surface area contributed by atoms with E-state index in [0.29, 0.717) is 5.69 Å². The van der Waals surface area contributed by atoms with Crippen LogP contribution in [0.2, 0.25) is 0 Å². The number of amides is 2. The zero-order valence-electron chi connectivity index (χ0n) is 19.4. The second-order valence-electron chi connectivity index (χ2n) is 8.84. The highest BCUT2D eigenvalue weighted by molar-refractivity contribution is 8.16. The fourth-order valence-electron chi connectivity index (χ4n) is 4.30. The van der Waals surface area contributed by atoms with E-state index in [0.717, 1.165) is 55.0 Å². The van der Waals surface area contributed by atoms with Crippen molar-refractivity contribution in [3.8, 4) is 0 Å². The molecule has 2 aromatic rings. The Hall–Kier alpha value is -2.65. The van der Waals surface area contributed by atoms with Gasteiger partial charge in [-0.2, -0.15) is 8.42 Å². The predicted molar refractivity (Wildman–Crippen MR) is 135 cm³/mol. The summed E-state index contributed by atoms with van der Waals surface area (Å²) in [6.07, 6.45) is 4.62. The zero-order chi connectivity index (χ0) is 24.3. The highest BCUT2D eigenvalue weighted by atomic mass is 32.2. The van der Waals surface area contributed by atoms with E-state index in [4.69, 9.17) is 0 Å². The van der Waals surface area contributed by atoms with Crippen molar-refractivity contribution in [2.45, 2.75) is 68.6 Å². The molecule has 1 atom stereocenters. The molecular formula is C25H29N3O4S2. The van der Waals surface area contributed by atoms with Crippen molar-refractivity contribution in [1.82, 2.24) is 4.90 Å². The molecule has 1 N–H and O–H groups in total. The van der Waals surface area contributed by atoms with Crippen LogP contribution in [0.1, 0.15) is 49.7 Å². The first-order valence-corrected chi connectivity index (χ1v) is 13.8. The van der Waals surface area contributed by atoms with Crippen molar-refractivity contribution in [3.63, 3.8) is 0 Å². The molecule has 0 bridgehead atoms. The van der Waals surface area contributed by atoms with Crippen LogP contribution in [0, 0.1) is 13.8 Å². The van der Waals surface area contributed by atoms with Gasteiger partial charge in [0.05, 0.1) is 4.90 Å². The van der Waals surface area contributed by atoms with Gasteiger partial charge in [0.2, 0.25) is 11.8 Å². The smallest absolute Gasteiger partial charge is 0.284 e. The van der Waals surface area contributed by atoms with Gasteiger partial charge < -0.3 is 5.32 Å². The molecule has 1 saturated carbocycles. The van der Waals surface area contributed by atoms with E-state index in [9.17, 15) is 18.0 Å². The standard InChI is InChI=1S/C25H29N3O4S2/c1-17-12-14-20(15-13-17)34(31,32)27-25-28(19-9-4-3-5-10-19)24(30)22(33-25)16-23(29)26-21-11-7-6-8-18(21)2/h6-8,11-15,19,22H,3-5,9-10,16H2,1-2H3,(H,26,29)/t22-/m1/s1. The maximum absolute atomic E-state index is 13.4. The molecule has 1 heterocycles. The summed E-state index contributed by atoms with van der Waals surface area (Å²) in [6.45, 7) is 3.78. The molecule has 0 aromatic heterocycles. The van der Waals surface area contributed by atoms with Crippen LogP contribution in [-0.4, -0.2) is 41.6 Å². The summed E-state index contributed by atoms with van der Waals surface area (Å²) in [6, 6.07) is 13.8. The number of carbonyl (C=O) groups excluding carboxylic acids is 2. The SMILES string of the molecule is Cc1ccc(S(=O)(=O)N=C2S[C@H](CC(=O)Nc3ccccc3C)C(=O)N2C2CCCCC2)cc1. The van der Waals surface area contributed by atoms with Gasteiger partial charge in [0.1, 0.15) is 5.25 Å². The Morgan fingerprint density at radius 1 is 1.06 bits per heavy atom. The number of nitrogens with one attached hydrogen (secondary N) is 1. The third-order valence-corrected chi connectivity index (χ3v) is 8.76. The lowest BCUT2D eigenvalue weighted by atomic mass is 9.94. The van der Waals surface area contributed by atoms with Gasteiger partial charge in [0, 0.05) is 18.2 Å². The minimum atomic E-state index is -3.99. The van der Waals surface area contributed by atoms with Crippen molar-refractivity contribution in [1.29, 1.82) is 0 Å². The van der Waals surface area contributed by atoms with Crippen LogP contribution in [0.15, 0.2) is 57.8 Å². The number of amidine groups is 1. The molecule has 2 amide bonds. The number of anilines is 1.